The highest BCUT2D eigenvalue weighted by Crippen LogP contribution is 2.45. The maximum Gasteiger partial charge on any atom is 0.307 e. The lowest BCUT2D eigenvalue weighted by Gasteiger charge is -2.41. The second-order valence-corrected chi connectivity index (χ2v) is 7.78. The molecular formula is C15H28O4S. The SMILES string of the molecule is CCC(C)(C)C1CCC(C(=O)O)C(SCC(O)CO)C1. The molecule has 0 spiro atoms. The van der Waals surface area contributed by atoms with E-state index in [4.69, 9.17) is 5.11 Å². The van der Waals surface area contributed by atoms with Crippen LogP contribution in [-0.2, 0) is 4.79 Å². The normalized spacial score (nSPS) is 29.1. The summed E-state index contributed by atoms with van der Waals surface area (Å²) in [5.74, 6) is -0.111. The largest absolute Gasteiger partial charge is 0.481 e. The van der Waals surface area contributed by atoms with E-state index in [1.165, 1.54) is 11.8 Å². The lowest BCUT2D eigenvalue weighted by molar-refractivity contribution is -0.143. The molecule has 1 fully saturated rings. The fourth-order valence-electron chi connectivity index (χ4n) is 2.88. The van der Waals surface area contributed by atoms with Crippen molar-refractivity contribution >= 4 is 17.7 Å². The Kier molecular flexibility index (Phi) is 6.82. The minimum absolute atomic E-state index is 0.0401. The van der Waals surface area contributed by atoms with Crippen molar-refractivity contribution in [2.24, 2.45) is 17.3 Å². The summed E-state index contributed by atoms with van der Waals surface area (Å²) in [7, 11) is 0. The van der Waals surface area contributed by atoms with Crippen molar-refractivity contribution in [3.63, 3.8) is 0 Å². The molecule has 0 bridgehead atoms. The van der Waals surface area contributed by atoms with Gasteiger partial charge in [-0.15, -0.1) is 0 Å². The van der Waals surface area contributed by atoms with Crippen LogP contribution in [0.3, 0.4) is 0 Å². The molecule has 4 unspecified atom stereocenters. The van der Waals surface area contributed by atoms with Gasteiger partial charge in [0.2, 0.25) is 0 Å². The third kappa shape index (κ3) is 4.64. The van der Waals surface area contributed by atoms with Crippen molar-refractivity contribution in [1.82, 2.24) is 0 Å². The molecule has 4 atom stereocenters. The molecule has 4 nitrogen and oxygen atoms in total. The number of carboxylic acid groups (broad SMARTS) is 1. The average Bonchev–Trinajstić information content (AvgIpc) is 2.44. The number of carbonyl (C=O) groups is 1. The van der Waals surface area contributed by atoms with Crippen LogP contribution >= 0.6 is 11.8 Å². The van der Waals surface area contributed by atoms with Gasteiger partial charge in [0.25, 0.3) is 0 Å². The number of aliphatic hydroxyl groups excluding tert-OH is 2. The summed E-state index contributed by atoms with van der Waals surface area (Å²) in [4.78, 5) is 11.4. The van der Waals surface area contributed by atoms with Crippen LogP contribution in [0.25, 0.3) is 0 Å². The van der Waals surface area contributed by atoms with Crippen LogP contribution in [0.2, 0.25) is 0 Å². The van der Waals surface area contributed by atoms with E-state index in [-0.39, 0.29) is 23.2 Å². The van der Waals surface area contributed by atoms with Gasteiger partial charge in [0.05, 0.1) is 18.6 Å². The highest BCUT2D eigenvalue weighted by atomic mass is 32.2. The van der Waals surface area contributed by atoms with Crippen molar-refractivity contribution in [3.8, 4) is 0 Å². The molecule has 5 heteroatoms. The van der Waals surface area contributed by atoms with Gasteiger partial charge in [-0.25, -0.2) is 0 Å². The van der Waals surface area contributed by atoms with Crippen molar-refractivity contribution in [1.29, 1.82) is 0 Å². The molecular weight excluding hydrogens is 276 g/mol. The minimum Gasteiger partial charge on any atom is -0.481 e. The number of aliphatic carboxylic acids is 1. The Morgan fingerprint density at radius 3 is 2.55 bits per heavy atom. The summed E-state index contributed by atoms with van der Waals surface area (Å²) in [5.41, 5.74) is 0.234. The molecule has 1 aliphatic rings. The van der Waals surface area contributed by atoms with E-state index in [2.05, 4.69) is 20.8 Å². The molecule has 0 aromatic rings. The van der Waals surface area contributed by atoms with E-state index >= 15 is 0 Å². The topological polar surface area (TPSA) is 77.8 Å². The summed E-state index contributed by atoms with van der Waals surface area (Å²) < 4.78 is 0. The second kappa shape index (κ2) is 7.66. The highest BCUT2D eigenvalue weighted by Gasteiger charge is 2.40. The molecule has 0 saturated heterocycles. The monoisotopic (exact) mass is 304 g/mol. The van der Waals surface area contributed by atoms with E-state index in [1.54, 1.807) is 0 Å². The maximum atomic E-state index is 11.4. The Morgan fingerprint density at radius 1 is 1.40 bits per heavy atom. The van der Waals surface area contributed by atoms with Crippen LogP contribution in [0, 0.1) is 17.3 Å². The average molecular weight is 304 g/mol. The maximum absolute atomic E-state index is 11.4. The van der Waals surface area contributed by atoms with Gasteiger partial charge in [-0.05, 0) is 30.6 Å². The first-order valence-corrected chi connectivity index (χ1v) is 8.50. The molecule has 1 saturated carbocycles. The number of hydrogen-bond donors (Lipinski definition) is 3. The van der Waals surface area contributed by atoms with E-state index in [0.717, 1.165) is 25.7 Å². The number of carboxylic acids is 1. The predicted molar refractivity (Wildman–Crippen MR) is 81.9 cm³/mol. The molecule has 1 rings (SSSR count). The second-order valence-electron chi connectivity index (χ2n) is 6.51. The first-order valence-electron chi connectivity index (χ1n) is 7.45. The van der Waals surface area contributed by atoms with E-state index < -0.39 is 12.1 Å². The fraction of sp³-hybridized carbons (Fsp3) is 0.933. The molecule has 0 heterocycles. The van der Waals surface area contributed by atoms with E-state index in [0.29, 0.717) is 11.7 Å². The van der Waals surface area contributed by atoms with Crippen LogP contribution in [0.1, 0.15) is 46.5 Å². The summed E-state index contributed by atoms with van der Waals surface area (Å²) >= 11 is 1.51. The summed E-state index contributed by atoms with van der Waals surface area (Å²) in [6.45, 7) is 6.43. The van der Waals surface area contributed by atoms with Gasteiger partial charge < -0.3 is 15.3 Å². The van der Waals surface area contributed by atoms with Crippen LogP contribution in [-0.4, -0.2) is 45.0 Å². The fourth-order valence-corrected chi connectivity index (χ4v) is 4.31. The molecule has 0 aromatic heterocycles. The molecule has 0 radical (unpaired) electrons. The third-order valence-electron chi connectivity index (χ3n) is 4.84. The first-order chi connectivity index (χ1) is 9.31. The van der Waals surface area contributed by atoms with Gasteiger partial charge in [0, 0.05) is 11.0 Å². The van der Waals surface area contributed by atoms with E-state index in [1.807, 2.05) is 0 Å². The van der Waals surface area contributed by atoms with Crippen molar-refractivity contribution in [2.75, 3.05) is 12.4 Å². The van der Waals surface area contributed by atoms with Gasteiger partial charge in [-0.3, -0.25) is 4.79 Å². The quantitative estimate of drug-likeness (QED) is 0.673. The minimum atomic E-state index is -0.756. The molecule has 1 aliphatic carbocycles. The van der Waals surface area contributed by atoms with Crippen LogP contribution in [0.15, 0.2) is 0 Å². The van der Waals surface area contributed by atoms with Crippen LogP contribution in [0.4, 0.5) is 0 Å². The zero-order chi connectivity index (χ0) is 15.3. The molecule has 3 N–H and O–H groups in total. The van der Waals surface area contributed by atoms with Crippen molar-refractivity contribution in [2.45, 2.75) is 57.8 Å². The van der Waals surface area contributed by atoms with Gasteiger partial charge in [0.1, 0.15) is 0 Å². The molecule has 0 aromatic carbocycles. The standard InChI is InChI=1S/C15H28O4S/c1-4-15(2,3)10-5-6-12(14(18)19)13(7-10)20-9-11(17)8-16/h10-13,16-17H,4-9H2,1-3H3,(H,18,19). The van der Waals surface area contributed by atoms with Crippen LogP contribution < -0.4 is 0 Å². The summed E-state index contributed by atoms with van der Waals surface area (Å²) in [6, 6.07) is 0. The molecule has 118 valence electrons. The highest BCUT2D eigenvalue weighted by molar-refractivity contribution is 8.00. The van der Waals surface area contributed by atoms with Crippen LogP contribution in [0.5, 0.6) is 0 Å². The zero-order valence-electron chi connectivity index (χ0n) is 12.7. The van der Waals surface area contributed by atoms with Gasteiger partial charge in [-0.2, -0.15) is 11.8 Å². The van der Waals surface area contributed by atoms with E-state index in [9.17, 15) is 15.0 Å². The van der Waals surface area contributed by atoms with Gasteiger partial charge >= 0.3 is 5.97 Å². The number of hydrogen-bond acceptors (Lipinski definition) is 4. The van der Waals surface area contributed by atoms with Crippen molar-refractivity contribution in [3.05, 3.63) is 0 Å². The third-order valence-corrected chi connectivity index (χ3v) is 6.37. The summed E-state index contributed by atoms with van der Waals surface area (Å²) in [6.07, 6.45) is 2.91. The Balaban J connectivity index is 2.69. The molecule has 0 aliphatic heterocycles. The summed E-state index contributed by atoms with van der Waals surface area (Å²) in [5, 5.41) is 27.7. The Hall–Kier alpha value is -0.260. The molecule has 20 heavy (non-hydrogen) atoms. The number of rotatable bonds is 7. The first kappa shape index (κ1) is 17.8. The Morgan fingerprint density at radius 2 is 2.05 bits per heavy atom. The zero-order valence-corrected chi connectivity index (χ0v) is 13.5. The van der Waals surface area contributed by atoms with Crippen molar-refractivity contribution < 1.29 is 20.1 Å². The number of thioether (sulfide) groups is 1. The smallest absolute Gasteiger partial charge is 0.307 e. The van der Waals surface area contributed by atoms with Gasteiger partial charge in [0.15, 0.2) is 0 Å². The number of aliphatic hydroxyl groups is 2. The lowest BCUT2D eigenvalue weighted by Crippen LogP contribution is -2.38. The Bertz CT molecular complexity index is 319. The lowest BCUT2D eigenvalue weighted by atomic mass is 9.67. The van der Waals surface area contributed by atoms with Gasteiger partial charge in [-0.1, -0.05) is 27.2 Å². The molecule has 0 amide bonds. The Labute approximate surface area is 126 Å². The predicted octanol–water partition coefficient (Wildman–Crippen LogP) is 2.38.